The van der Waals surface area contributed by atoms with Crippen LogP contribution in [0.4, 0.5) is 9.57 Å². The van der Waals surface area contributed by atoms with Crippen LogP contribution in [-0.4, -0.2) is 26.6 Å². The SMILES string of the molecule is O=C1CC(CS(=O)(=O)F)CN1c1ccc(Cl)cc1Br. The average molecular weight is 371 g/mol. The van der Waals surface area contributed by atoms with Crippen molar-refractivity contribution < 1.29 is 17.1 Å². The molecule has 1 aliphatic heterocycles. The van der Waals surface area contributed by atoms with Gasteiger partial charge in [-0.15, -0.1) is 3.89 Å². The Morgan fingerprint density at radius 3 is 2.74 bits per heavy atom. The summed E-state index contributed by atoms with van der Waals surface area (Å²) < 4.78 is 34.5. The van der Waals surface area contributed by atoms with E-state index in [1.54, 1.807) is 18.2 Å². The van der Waals surface area contributed by atoms with Crippen LogP contribution >= 0.6 is 27.5 Å². The molecule has 1 heterocycles. The Hall–Kier alpha value is -0.660. The van der Waals surface area contributed by atoms with Crippen LogP contribution in [0, 0.1) is 5.92 Å². The van der Waals surface area contributed by atoms with Crippen molar-refractivity contribution in [2.75, 3.05) is 17.2 Å². The molecular weight excluding hydrogens is 361 g/mol. The fraction of sp³-hybridized carbons (Fsp3) is 0.364. The second-order valence-corrected chi connectivity index (χ2v) is 7.08. The van der Waals surface area contributed by atoms with Gasteiger partial charge in [-0.05, 0) is 34.1 Å². The molecule has 1 fully saturated rings. The van der Waals surface area contributed by atoms with Crippen LogP contribution in [0.3, 0.4) is 0 Å². The molecule has 1 saturated heterocycles. The molecular formula is C11H10BrClFNO3S. The first-order chi connectivity index (χ1) is 8.76. The summed E-state index contributed by atoms with van der Waals surface area (Å²) in [6, 6.07) is 4.94. The molecule has 0 aromatic heterocycles. The van der Waals surface area contributed by atoms with Gasteiger partial charge in [-0.1, -0.05) is 11.6 Å². The zero-order chi connectivity index (χ0) is 14.2. The highest BCUT2D eigenvalue weighted by atomic mass is 79.9. The van der Waals surface area contributed by atoms with Gasteiger partial charge in [-0.2, -0.15) is 8.42 Å². The Kier molecular flexibility index (Phi) is 4.17. The summed E-state index contributed by atoms with van der Waals surface area (Å²) in [5, 5.41) is 0.519. The normalized spacial score (nSPS) is 20.1. The molecule has 0 N–H and O–H groups in total. The zero-order valence-electron chi connectivity index (χ0n) is 9.64. The molecule has 1 aromatic rings. The van der Waals surface area contributed by atoms with Crippen LogP contribution in [0.5, 0.6) is 0 Å². The van der Waals surface area contributed by atoms with Gasteiger partial charge in [0.05, 0.1) is 11.4 Å². The number of amides is 1. The Bertz CT molecular complexity index is 622. The molecule has 1 aromatic carbocycles. The highest BCUT2D eigenvalue weighted by molar-refractivity contribution is 9.10. The van der Waals surface area contributed by atoms with Crippen molar-refractivity contribution in [1.82, 2.24) is 0 Å². The van der Waals surface area contributed by atoms with E-state index in [0.29, 0.717) is 15.2 Å². The number of carbonyl (C=O) groups excluding carboxylic acids is 1. The minimum atomic E-state index is -4.57. The van der Waals surface area contributed by atoms with Gasteiger partial charge in [0.1, 0.15) is 0 Å². The number of carbonyl (C=O) groups is 1. The molecule has 2 rings (SSSR count). The van der Waals surface area contributed by atoms with Gasteiger partial charge in [0, 0.05) is 28.4 Å². The number of rotatable bonds is 3. The first-order valence-electron chi connectivity index (χ1n) is 5.44. The first-order valence-corrected chi connectivity index (χ1v) is 8.16. The molecule has 0 spiro atoms. The molecule has 1 unspecified atom stereocenters. The van der Waals surface area contributed by atoms with Gasteiger partial charge in [-0.3, -0.25) is 4.79 Å². The molecule has 4 nitrogen and oxygen atoms in total. The summed E-state index contributed by atoms with van der Waals surface area (Å²) in [5.41, 5.74) is 0.605. The van der Waals surface area contributed by atoms with Gasteiger partial charge < -0.3 is 4.90 Å². The number of anilines is 1. The van der Waals surface area contributed by atoms with E-state index in [-0.39, 0.29) is 18.9 Å². The number of benzene rings is 1. The summed E-state index contributed by atoms with van der Waals surface area (Å²) in [5.74, 6) is -1.37. The molecule has 0 radical (unpaired) electrons. The van der Waals surface area contributed by atoms with Crippen molar-refractivity contribution in [3.05, 3.63) is 27.7 Å². The second-order valence-electron chi connectivity index (χ2n) is 4.38. The van der Waals surface area contributed by atoms with E-state index in [0.717, 1.165) is 0 Å². The maximum Gasteiger partial charge on any atom is 0.302 e. The minimum absolute atomic E-state index is 0.0260. The van der Waals surface area contributed by atoms with Crippen LogP contribution < -0.4 is 4.90 Å². The first kappa shape index (κ1) is 14.7. The van der Waals surface area contributed by atoms with Crippen LogP contribution in [0.1, 0.15) is 6.42 Å². The molecule has 0 saturated carbocycles. The lowest BCUT2D eigenvalue weighted by atomic mass is 10.1. The average Bonchev–Trinajstić information content (AvgIpc) is 2.56. The van der Waals surface area contributed by atoms with Gasteiger partial charge in [0.25, 0.3) is 0 Å². The number of hydrogen-bond acceptors (Lipinski definition) is 3. The predicted octanol–water partition coefficient (Wildman–Crippen LogP) is 2.75. The van der Waals surface area contributed by atoms with Crippen molar-refractivity contribution in [2.45, 2.75) is 6.42 Å². The van der Waals surface area contributed by atoms with Crippen LogP contribution in [0.25, 0.3) is 0 Å². The molecule has 8 heteroatoms. The lowest BCUT2D eigenvalue weighted by Crippen LogP contribution is -2.25. The summed E-state index contributed by atoms with van der Waals surface area (Å²) in [4.78, 5) is 13.3. The smallest absolute Gasteiger partial charge is 0.302 e. The van der Waals surface area contributed by atoms with E-state index in [1.165, 1.54) is 4.90 Å². The Morgan fingerprint density at radius 1 is 1.47 bits per heavy atom. The predicted molar refractivity (Wildman–Crippen MR) is 74.5 cm³/mol. The van der Waals surface area contributed by atoms with Crippen LogP contribution in [0.15, 0.2) is 22.7 Å². The van der Waals surface area contributed by atoms with E-state index < -0.39 is 21.9 Å². The molecule has 1 amide bonds. The minimum Gasteiger partial charge on any atom is -0.311 e. The molecule has 19 heavy (non-hydrogen) atoms. The van der Waals surface area contributed by atoms with E-state index in [2.05, 4.69) is 15.9 Å². The fourth-order valence-electron chi connectivity index (χ4n) is 2.11. The van der Waals surface area contributed by atoms with E-state index in [4.69, 9.17) is 11.6 Å². The Labute approximate surface area is 123 Å². The van der Waals surface area contributed by atoms with Crippen molar-refractivity contribution in [2.24, 2.45) is 5.92 Å². The molecule has 1 atom stereocenters. The second kappa shape index (κ2) is 5.38. The largest absolute Gasteiger partial charge is 0.311 e. The third-order valence-corrected chi connectivity index (χ3v) is 4.58. The molecule has 0 aliphatic carbocycles. The monoisotopic (exact) mass is 369 g/mol. The van der Waals surface area contributed by atoms with Crippen molar-refractivity contribution in [1.29, 1.82) is 0 Å². The van der Waals surface area contributed by atoms with Gasteiger partial charge in [0.2, 0.25) is 5.91 Å². The topological polar surface area (TPSA) is 54.5 Å². The standard InChI is InChI=1S/C11H10BrClFNO3S/c12-9-4-8(13)1-2-10(9)15-5-7(3-11(15)16)6-19(14,17)18/h1-2,4,7H,3,5-6H2. The fourth-order valence-corrected chi connectivity index (χ4v) is 3.79. The Balaban J connectivity index is 2.20. The van der Waals surface area contributed by atoms with Gasteiger partial charge in [-0.25, -0.2) is 0 Å². The van der Waals surface area contributed by atoms with Gasteiger partial charge >= 0.3 is 10.2 Å². The third kappa shape index (κ3) is 3.67. The molecule has 1 aliphatic rings. The highest BCUT2D eigenvalue weighted by Crippen LogP contribution is 2.33. The van der Waals surface area contributed by atoms with E-state index in [1.807, 2.05) is 0 Å². The lowest BCUT2D eigenvalue weighted by Gasteiger charge is -2.18. The summed E-state index contributed by atoms with van der Waals surface area (Å²) >= 11 is 9.11. The quantitative estimate of drug-likeness (QED) is 0.769. The molecule has 0 bridgehead atoms. The highest BCUT2D eigenvalue weighted by Gasteiger charge is 2.34. The van der Waals surface area contributed by atoms with Gasteiger partial charge in [0.15, 0.2) is 0 Å². The number of nitrogens with zero attached hydrogens (tertiary/aromatic N) is 1. The number of hydrogen-bond donors (Lipinski definition) is 0. The lowest BCUT2D eigenvalue weighted by molar-refractivity contribution is -0.117. The van der Waals surface area contributed by atoms with Crippen molar-refractivity contribution >= 4 is 49.3 Å². The van der Waals surface area contributed by atoms with Crippen molar-refractivity contribution in [3.8, 4) is 0 Å². The van der Waals surface area contributed by atoms with E-state index in [9.17, 15) is 17.1 Å². The maximum atomic E-state index is 12.6. The zero-order valence-corrected chi connectivity index (χ0v) is 12.8. The molecule has 104 valence electrons. The summed E-state index contributed by atoms with van der Waals surface area (Å²) in [7, 11) is -4.57. The number of halogens is 3. The summed E-state index contributed by atoms with van der Waals surface area (Å²) in [6.45, 7) is 0.183. The van der Waals surface area contributed by atoms with Crippen LogP contribution in [0.2, 0.25) is 5.02 Å². The maximum absolute atomic E-state index is 12.6. The third-order valence-electron chi connectivity index (χ3n) is 2.84. The summed E-state index contributed by atoms with van der Waals surface area (Å²) in [6.07, 6.45) is 0.0260. The Morgan fingerprint density at radius 2 is 2.16 bits per heavy atom. The van der Waals surface area contributed by atoms with Crippen molar-refractivity contribution in [3.63, 3.8) is 0 Å². The van der Waals surface area contributed by atoms with Crippen LogP contribution in [-0.2, 0) is 15.0 Å². The van der Waals surface area contributed by atoms with E-state index >= 15 is 0 Å².